The summed E-state index contributed by atoms with van der Waals surface area (Å²) in [6.07, 6.45) is 3.26. The largest absolute Gasteiger partial charge is 0.496 e. The van der Waals surface area contributed by atoms with Crippen LogP contribution in [0.2, 0.25) is 5.02 Å². The molecule has 0 aliphatic heterocycles. The number of rotatable bonds is 5. The Bertz CT molecular complexity index is 605. The van der Waals surface area contributed by atoms with Crippen LogP contribution >= 0.6 is 11.6 Å². The van der Waals surface area contributed by atoms with E-state index in [0.717, 1.165) is 12.8 Å². The molecule has 2 rings (SSSR count). The summed E-state index contributed by atoms with van der Waals surface area (Å²) in [5, 5.41) is 3.37. The van der Waals surface area contributed by atoms with Crippen LogP contribution in [0.15, 0.2) is 18.2 Å². The fourth-order valence-corrected chi connectivity index (χ4v) is 3.25. The molecule has 1 saturated carbocycles. The van der Waals surface area contributed by atoms with E-state index in [2.05, 4.69) is 19.2 Å². The van der Waals surface area contributed by atoms with E-state index in [9.17, 15) is 9.59 Å². The van der Waals surface area contributed by atoms with Crippen LogP contribution in [0.4, 0.5) is 0 Å². The highest BCUT2D eigenvalue weighted by atomic mass is 35.5. The van der Waals surface area contributed by atoms with Gasteiger partial charge in [-0.25, -0.2) is 4.79 Å². The fourth-order valence-electron chi connectivity index (χ4n) is 3.08. The minimum absolute atomic E-state index is 0.139. The van der Waals surface area contributed by atoms with Gasteiger partial charge in [-0.2, -0.15) is 0 Å². The van der Waals surface area contributed by atoms with E-state index in [4.69, 9.17) is 21.1 Å². The number of hydrogen-bond donors (Lipinski definition) is 1. The van der Waals surface area contributed by atoms with Crippen LogP contribution in [0.1, 0.15) is 43.5 Å². The monoisotopic (exact) mass is 353 g/mol. The Hall–Kier alpha value is -1.75. The summed E-state index contributed by atoms with van der Waals surface area (Å²) in [4.78, 5) is 24.2. The van der Waals surface area contributed by atoms with Crippen LogP contribution in [0, 0.1) is 11.8 Å². The Morgan fingerprint density at radius 2 is 2.04 bits per heavy atom. The lowest BCUT2D eigenvalue weighted by molar-refractivity contribution is -0.125. The van der Waals surface area contributed by atoms with Crippen LogP contribution in [-0.4, -0.2) is 31.6 Å². The summed E-state index contributed by atoms with van der Waals surface area (Å²) in [6.45, 7) is 4.04. The summed E-state index contributed by atoms with van der Waals surface area (Å²) >= 11 is 5.90. The van der Waals surface area contributed by atoms with Crippen molar-refractivity contribution in [1.29, 1.82) is 0 Å². The van der Waals surface area contributed by atoms with Crippen LogP contribution < -0.4 is 10.1 Å². The zero-order valence-corrected chi connectivity index (χ0v) is 15.1. The zero-order chi connectivity index (χ0) is 17.7. The van der Waals surface area contributed by atoms with Crippen molar-refractivity contribution in [2.45, 2.75) is 39.2 Å². The number of hydrogen-bond acceptors (Lipinski definition) is 4. The second kappa shape index (κ2) is 8.38. The third kappa shape index (κ3) is 4.63. The second-order valence-corrected chi connectivity index (χ2v) is 6.80. The minimum atomic E-state index is -0.630. The molecule has 0 aromatic heterocycles. The predicted molar refractivity (Wildman–Crippen MR) is 92.4 cm³/mol. The van der Waals surface area contributed by atoms with Gasteiger partial charge < -0.3 is 14.8 Å². The maximum atomic E-state index is 12.1. The first-order valence-electron chi connectivity index (χ1n) is 8.22. The Labute approximate surface area is 147 Å². The molecule has 0 unspecified atom stereocenters. The van der Waals surface area contributed by atoms with Crippen molar-refractivity contribution in [3.63, 3.8) is 0 Å². The molecule has 1 fully saturated rings. The van der Waals surface area contributed by atoms with Crippen LogP contribution in [0.25, 0.3) is 0 Å². The first kappa shape index (κ1) is 18.6. The smallest absolute Gasteiger partial charge is 0.342 e. The number of ether oxygens (including phenoxy) is 2. The van der Waals surface area contributed by atoms with Crippen molar-refractivity contribution in [3.8, 4) is 5.75 Å². The average Bonchev–Trinajstić information content (AvgIpc) is 2.56. The SMILES string of the molecule is COc1ccc(Cl)cc1C(=O)OCC(=O)N[C@H]1CCC[C@@H](C)[C@H]1C. The van der Waals surface area contributed by atoms with E-state index in [0.29, 0.717) is 22.6 Å². The molecule has 0 saturated heterocycles. The van der Waals surface area contributed by atoms with Gasteiger partial charge in [0.05, 0.1) is 7.11 Å². The molecule has 3 atom stereocenters. The van der Waals surface area contributed by atoms with E-state index in [1.54, 1.807) is 12.1 Å². The molecular weight excluding hydrogens is 330 g/mol. The molecule has 1 aromatic carbocycles. The topological polar surface area (TPSA) is 64.6 Å². The van der Waals surface area contributed by atoms with E-state index in [-0.39, 0.29) is 24.1 Å². The molecule has 0 bridgehead atoms. The molecule has 1 aliphatic carbocycles. The number of amides is 1. The molecule has 132 valence electrons. The summed E-state index contributed by atoms with van der Waals surface area (Å²) in [5.74, 6) is 0.457. The fraction of sp³-hybridized carbons (Fsp3) is 0.556. The van der Waals surface area contributed by atoms with Gasteiger partial charge in [0.25, 0.3) is 5.91 Å². The highest BCUT2D eigenvalue weighted by Crippen LogP contribution is 2.29. The number of carbonyl (C=O) groups is 2. The van der Waals surface area contributed by atoms with Crippen LogP contribution in [-0.2, 0) is 9.53 Å². The maximum Gasteiger partial charge on any atom is 0.342 e. The summed E-state index contributed by atoms with van der Waals surface area (Å²) in [5.41, 5.74) is 0.206. The van der Waals surface area contributed by atoms with Gasteiger partial charge in [0, 0.05) is 11.1 Å². The first-order valence-corrected chi connectivity index (χ1v) is 8.60. The molecule has 0 radical (unpaired) electrons. The third-order valence-corrected chi connectivity index (χ3v) is 5.00. The van der Waals surface area contributed by atoms with Gasteiger partial charge in [0.1, 0.15) is 11.3 Å². The molecule has 1 aliphatic rings. The van der Waals surface area contributed by atoms with Crippen molar-refractivity contribution in [2.24, 2.45) is 11.8 Å². The van der Waals surface area contributed by atoms with Gasteiger partial charge in [-0.3, -0.25) is 4.79 Å². The molecule has 6 heteroatoms. The van der Waals surface area contributed by atoms with Crippen molar-refractivity contribution in [3.05, 3.63) is 28.8 Å². The highest BCUT2D eigenvalue weighted by Gasteiger charge is 2.28. The van der Waals surface area contributed by atoms with Gasteiger partial charge in [-0.05, 0) is 36.5 Å². The number of esters is 1. The number of benzene rings is 1. The lowest BCUT2D eigenvalue weighted by Gasteiger charge is -2.34. The van der Waals surface area contributed by atoms with Gasteiger partial charge in [0.15, 0.2) is 6.61 Å². The van der Waals surface area contributed by atoms with Crippen molar-refractivity contribution < 1.29 is 19.1 Å². The molecule has 24 heavy (non-hydrogen) atoms. The summed E-state index contributed by atoms with van der Waals surface area (Å²) < 4.78 is 10.2. The van der Waals surface area contributed by atoms with Crippen LogP contribution in [0.5, 0.6) is 5.75 Å². The Kier molecular flexibility index (Phi) is 6.49. The van der Waals surface area contributed by atoms with E-state index < -0.39 is 5.97 Å². The molecule has 1 aromatic rings. The Balaban J connectivity index is 1.89. The van der Waals surface area contributed by atoms with E-state index >= 15 is 0 Å². The van der Waals surface area contributed by atoms with Gasteiger partial charge in [-0.1, -0.05) is 38.3 Å². The Morgan fingerprint density at radius 1 is 1.29 bits per heavy atom. The van der Waals surface area contributed by atoms with Gasteiger partial charge in [-0.15, -0.1) is 0 Å². The third-order valence-electron chi connectivity index (χ3n) is 4.77. The quantitative estimate of drug-likeness (QED) is 0.823. The molecule has 1 N–H and O–H groups in total. The predicted octanol–water partition coefficient (Wildman–Crippen LogP) is 3.45. The van der Waals surface area contributed by atoms with Gasteiger partial charge in [0.2, 0.25) is 0 Å². The van der Waals surface area contributed by atoms with Gasteiger partial charge >= 0.3 is 5.97 Å². The summed E-state index contributed by atoms with van der Waals surface area (Å²) in [7, 11) is 1.46. The first-order chi connectivity index (χ1) is 11.4. The molecule has 0 spiro atoms. The lowest BCUT2D eigenvalue weighted by Crippen LogP contribution is -2.45. The molecular formula is C18H24ClNO4. The minimum Gasteiger partial charge on any atom is -0.496 e. The number of carbonyl (C=O) groups excluding carboxylic acids is 2. The molecule has 0 heterocycles. The summed E-state index contributed by atoms with van der Waals surface area (Å²) in [6, 6.07) is 4.81. The lowest BCUT2D eigenvalue weighted by atomic mass is 9.78. The van der Waals surface area contributed by atoms with Crippen molar-refractivity contribution in [1.82, 2.24) is 5.32 Å². The highest BCUT2D eigenvalue weighted by molar-refractivity contribution is 6.31. The number of nitrogens with one attached hydrogen (secondary N) is 1. The standard InChI is InChI=1S/C18H24ClNO4/c1-11-5-4-6-15(12(11)2)20-17(21)10-24-18(22)14-9-13(19)7-8-16(14)23-3/h7-9,11-12,15H,4-6,10H2,1-3H3,(H,20,21)/t11-,12-,15+/m1/s1. The van der Waals surface area contributed by atoms with E-state index in [1.165, 1.54) is 19.6 Å². The number of methoxy groups -OCH3 is 1. The van der Waals surface area contributed by atoms with Crippen LogP contribution in [0.3, 0.4) is 0 Å². The molecule has 1 amide bonds. The van der Waals surface area contributed by atoms with Crippen molar-refractivity contribution in [2.75, 3.05) is 13.7 Å². The van der Waals surface area contributed by atoms with Crippen molar-refractivity contribution >= 4 is 23.5 Å². The maximum absolute atomic E-state index is 12.1. The zero-order valence-electron chi connectivity index (χ0n) is 14.3. The molecule has 5 nitrogen and oxygen atoms in total. The average molecular weight is 354 g/mol. The second-order valence-electron chi connectivity index (χ2n) is 6.36. The van der Waals surface area contributed by atoms with E-state index in [1.807, 2.05) is 0 Å². The number of halogens is 1. The Morgan fingerprint density at radius 3 is 2.75 bits per heavy atom. The normalized spacial score (nSPS) is 23.4.